The molecule has 1 heterocycles. The lowest BCUT2D eigenvalue weighted by atomic mass is 10.1. The molecule has 0 atom stereocenters. The highest BCUT2D eigenvalue weighted by atomic mass is 19.1. The van der Waals surface area contributed by atoms with E-state index in [0.29, 0.717) is 31.4 Å². The first-order valence-electron chi connectivity index (χ1n) is 8.27. The lowest BCUT2D eigenvalue weighted by Gasteiger charge is -2.11. The molecule has 1 aromatic heterocycles. The molecule has 7 heteroatoms. The number of furan rings is 1. The van der Waals surface area contributed by atoms with E-state index in [1.54, 1.807) is 24.3 Å². The molecule has 0 aliphatic heterocycles. The van der Waals surface area contributed by atoms with E-state index >= 15 is 0 Å². The van der Waals surface area contributed by atoms with Gasteiger partial charge in [0, 0.05) is 26.2 Å². The van der Waals surface area contributed by atoms with Crippen LogP contribution in [0.3, 0.4) is 0 Å². The summed E-state index contributed by atoms with van der Waals surface area (Å²) in [4.78, 5) is 16.2. The average molecular weight is 346 g/mol. The topological polar surface area (TPSA) is 78.7 Å². The highest BCUT2D eigenvalue weighted by molar-refractivity contribution is 5.91. The van der Waals surface area contributed by atoms with Gasteiger partial charge in [0.2, 0.25) is 0 Å². The van der Waals surface area contributed by atoms with E-state index in [0.717, 1.165) is 18.5 Å². The molecule has 0 fully saturated rings. The summed E-state index contributed by atoms with van der Waals surface area (Å²) < 4.78 is 17.9. The molecule has 25 heavy (non-hydrogen) atoms. The third-order valence-corrected chi connectivity index (χ3v) is 3.38. The fourth-order valence-corrected chi connectivity index (χ4v) is 2.14. The minimum atomic E-state index is -0.245. The molecule has 3 N–H and O–H groups in total. The molecule has 0 aliphatic rings. The quantitative estimate of drug-likeness (QED) is 0.388. The number of halogens is 1. The van der Waals surface area contributed by atoms with Crippen LogP contribution >= 0.6 is 0 Å². The van der Waals surface area contributed by atoms with Crippen molar-refractivity contribution in [1.82, 2.24) is 16.0 Å². The van der Waals surface area contributed by atoms with Gasteiger partial charge in [-0.2, -0.15) is 0 Å². The van der Waals surface area contributed by atoms with Crippen LogP contribution in [-0.4, -0.2) is 38.0 Å². The smallest absolute Gasteiger partial charge is 0.287 e. The Balaban J connectivity index is 1.71. The fourth-order valence-electron chi connectivity index (χ4n) is 2.14. The Kier molecular flexibility index (Phi) is 7.49. The van der Waals surface area contributed by atoms with E-state index < -0.39 is 0 Å². The summed E-state index contributed by atoms with van der Waals surface area (Å²) in [5.41, 5.74) is 1.03. The van der Waals surface area contributed by atoms with Crippen LogP contribution in [0.25, 0.3) is 0 Å². The van der Waals surface area contributed by atoms with Gasteiger partial charge < -0.3 is 20.4 Å². The second-order valence-corrected chi connectivity index (χ2v) is 5.30. The Bertz CT molecular complexity index is 669. The van der Waals surface area contributed by atoms with Crippen molar-refractivity contribution in [2.45, 2.75) is 13.3 Å². The van der Waals surface area contributed by atoms with E-state index in [-0.39, 0.29) is 11.7 Å². The van der Waals surface area contributed by atoms with Crippen molar-refractivity contribution in [3.63, 3.8) is 0 Å². The summed E-state index contributed by atoms with van der Waals surface area (Å²) >= 11 is 0. The number of rotatable bonds is 8. The summed E-state index contributed by atoms with van der Waals surface area (Å²) in [5, 5.41) is 9.05. The minimum absolute atomic E-state index is 0.237. The maximum Gasteiger partial charge on any atom is 0.287 e. The second kappa shape index (κ2) is 10.1. The van der Waals surface area contributed by atoms with Crippen molar-refractivity contribution >= 4 is 11.9 Å². The zero-order valence-corrected chi connectivity index (χ0v) is 14.2. The number of nitrogens with one attached hydrogen (secondary N) is 3. The summed E-state index contributed by atoms with van der Waals surface area (Å²) in [7, 11) is 0. The molecule has 0 unspecified atom stereocenters. The average Bonchev–Trinajstić information content (AvgIpc) is 3.15. The molecule has 0 spiro atoms. The molecule has 2 aromatic rings. The van der Waals surface area contributed by atoms with E-state index in [9.17, 15) is 9.18 Å². The predicted octanol–water partition coefficient (Wildman–Crippen LogP) is 1.95. The molecule has 0 bridgehead atoms. The number of aliphatic imine (C=N–C) groups is 1. The zero-order chi connectivity index (χ0) is 17.9. The number of nitrogens with zero attached hydrogens (tertiary/aromatic N) is 1. The normalized spacial score (nSPS) is 11.2. The van der Waals surface area contributed by atoms with Gasteiger partial charge in [-0.05, 0) is 43.2 Å². The van der Waals surface area contributed by atoms with Gasteiger partial charge in [0.15, 0.2) is 11.7 Å². The SMILES string of the molecule is CCNC(=NCCc1ccc(F)cc1)NCCNC(=O)c1ccco1. The number of hydrogen-bond acceptors (Lipinski definition) is 3. The Morgan fingerprint density at radius 3 is 2.56 bits per heavy atom. The third kappa shape index (κ3) is 6.66. The standard InChI is InChI=1S/C18H23FN4O2/c1-2-20-18(22-10-9-14-5-7-15(19)8-6-14)23-12-11-21-17(24)16-4-3-13-25-16/h3-8,13H,2,9-12H2,1H3,(H,21,24)(H2,20,22,23). The molecule has 0 saturated heterocycles. The number of guanidine groups is 1. The number of carbonyl (C=O) groups is 1. The number of benzene rings is 1. The Hall–Kier alpha value is -2.83. The van der Waals surface area contributed by atoms with Gasteiger partial charge >= 0.3 is 0 Å². The van der Waals surface area contributed by atoms with Crippen molar-refractivity contribution < 1.29 is 13.6 Å². The van der Waals surface area contributed by atoms with Gasteiger partial charge in [-0.3, -0.25) is 9.79 Å². The molecular weight excluding hydrogens is 323 g/mol. The number of amides is 1. The zero-order valence-electron chi connectivity index (χ0n) is 14.2. The van der Waals surface area contributed by atoms with Crippen LogP contribution in [0.2, 0.25) is 0 Å². The summed E-state index contributed by atoms with van der Waals surface area (Å²) in [5.74, 6) is 0.487. The van der Waals surface area contributed by atoms with Gasteiger partial charge in [0.05, 0.1) is 6.26 Å². The number of carbonyl (C=O) groups excluding carboxylic acids is 1. The molecule has 0 saturated carbocycles. The summed E-state index contributed by atoms with van der Waals surface area (Å²) in [6, 6.07) is 9.70. The van der Waals surface area contributed by atoms with Crippen molar-refractivity contribution in [3.8, 4) is 0 Å². The summed E-state index contributed by atoms with van der Waals surface area (Å²) in [6.07, 6.45) is 2.19. The predicted molar refractivity (Wildman–Crippen MR) is 95.1 cm³/mol. The van der Waals surface area contributed by atoms with Gasteiger partial charge in [-0.25, -0.2) is 4.39 Å². The highest BCUT2D eigenvalue weighted by Gasteiger charge is 2.06. The van der Waals surface area contributed by atoms with Crippen molar-refractivity contribution in [2.24, 2.45) is 4.99 Å². The van der Waals surface area contributed by atoms with Crippen molar-refractivity contribution in [3.05, 3.63) is 59.8 Å². The molecule has 2 rings (SSSR count). The molecule has 0 aliphatic carbocycles. The minimum Gasteiger partial charge on any atom is -0.459 e. The molecule has 1 aromatic carbocycles. The first kappa shape index (κ1) is 18.5. The molecule has 134 valence electrons. The molecule has 1 amide bonds. The Morgan fingerprint density at radius 1 is 1.12 bits per heavy atom. The first-order valence-corrected chi connectivity index (χ1v) is 8.27. The van der Waals surface area contributed by atoms with Gasteiger partial charge in [-0.15, -0.1) is 0 Å². The molecular formula is C18H23FN4O2. The largest absolute Gasteiger partial charge is 0.459 e. The summed E-state index contributed by atoms with van der Waals surface area (Å²) in [6.45, 7) is 4.29. The van der Waals surface area contributed by atoms with Crippen LogP contribution in [0.4, 0.5) is 4.39 Å². The van der Waals surface area contributed by atoms with Gasteiger partial charge in [-0.1, -0.05) is 12.1 Å². The maximum atomic E-state index is 12.9. The lowest BCUT2D eigenvalue weighted by molar-refractivity contribution is 0.0926. The van der Waals surface area contributed by atoms with Crippen LogP contribution in [0, 0.1) is 5.82 Å². The number of hydrogen-bond donors (Lipinski definition) is 3. The van der Waals surface area contributed by atoms with E-state index in [1.807, 2.05) is 6.92 Å². The van der Waals surface area contributed by atoms with Gasteiger partial charge in [0.1, 0.15) is 5.82 Å². The van der Waals surface area contributed by atoms with Crippen LogP contribution in [0.5, 0.6) is 0 Å². The lowest BCUT2D eigenvalue weighted by Crippen LogP contribution is -2.41. The monoisotopic (exact) mass is 346 g/mol. The second-order valence-electron chi connectivity index (χ2n) is 5.30. The van der Waals surface area contributed by atoms with Gasteiger partial charge in [0.25, 0.3) is 5.91 Å². The van der Waals surface area contributed by atoms with Crippen molar-refractivity contribution in [1.29, 1.82) is 0 Å². The van der Waals surface area contributed by atoms with Crippen LogP contribution in [-0.2, 0) is 6.42 Å². The highest BCUT2D eigenvalue weighted by Crippen LogP contribution is 2.03. The van der Waals surface area contributed by atoms with Crippen LogP contribution in [0.15, 0.2) is 52.1 Å². The first-order chi connectivity index (χ1) is 12.2. The van der Waals surface area contributed by atoms with E-state index in [2.05, 4.69) is 20.9 Å². The Morgan fingerprint density at radius 2 is 1.88 bits per heavy atom. The van der Waals surface area contributed by atoms with Crippen LogP contribution < -0.4 is 16.0 Å². The van der Waals surface area contributed by atoms with E-state index in [1.165, 1.54) is 18.4 Å². The molecule has 6 nitrogen and oxygen atoms in total. The third-order valence-electron chi connectivity index (χ3n) is 3.38. The maximum absolute atomic E-state index is 12.9. The van der Waals surface area contributed by atoms with E-state index in [4.69, 9.17) is 4.42 Å². The fraction of sp³-hybridized carbons (Fsp3) is 0.333. The Labute approximate surface area is 146 Å². The molecule has 0 radical (unpaired) electrons. The van der Waals surface area contributed by atoms with Crippen LogP contribution in [0.1, 0.15) is 23.0 Å². The van der Waals surface area contributed by atoms with Crippen molar-refractivity contribution in [2.75, 3.05) is 26.2 Å².